The third-order valence-electron chi connectivity index (χ3n) is 3.52. The van der Waals surface area contributed by atoms with Gasteiger partial charge >= 0.3 is 6.03 Å². The van der Waals surface area contributed by atoms with E-state index in [1.54, 1.807) is 6.07 Å². The number of hydrogen-bond acceptors (Lipinski definition) is 3. The average molecular weight is 334 g/mol. The molecular weight excluding hydrogens is 311 g/mol. The molecule has 24 heavy (non-hydrogen) atoms. The topological polar surface area (TPSA) is 68.2 Å². The van der Waals surface area contributed by atoms with Crippen LogP contribution in [0, 0.1) is 19.7 Å². The number of carbonyl (C=O) groups excluding carboxylic acids is 1. The number of halogens is 1. The van der Waals surface area contributed by atoms with E-state index in [1.165, 1.54) is 12.1 Å². The Morgan fingerprint density at radius 1 is 1.38 bits per heavy atom. The van der Waals surface area contributed by atoms with E-state index in [0.29, 0.717) is 18.9 Å². The molecule has 0 saturated carbocycles. The van der Waals surface area contributed by atoms with Gasteiger partial charge in [-0.25, -0.2) is 9.18 Å². The number of anilines is 1. The highest BCUT2D eigenvalue weighted by molar-refractivity contribution is 5.89. The number of nitrogens with one attached hydrogen (secondary N) is 2. The van der Waals surface area contributed by atoms with Crippen molar-refractivity contribution in [2.24, 2.45) is 0 Å². The Morgan fingerprint density at radius 2 is 2.12 bits per heavy atom. The Kier molecular flexibility index (Phi) is 5.78. The minimum atomic E-state index is -0.539. The van der Waals surface area contributed by atoms with Crippen LogP contribution in [-0.2, 0) is 0 Å². The molecule has 2 amide bonds. The zero-order chi connectivity index (χ0) is 17.7. The van der Waals surface area contributed by atoms with E-state index in [0.717, 1.165) is 11.4 Å². The molecule has 6 nitrogen and oxygen atoms in total. The highest BCUT2D eigenvalue weighted by atomic mass is 19.1. The number of carbonyl (C=O) groups is 1. The van der Waals surface area contributed by atoms with Crippen LogP contribution < -0.4 is 15.4 Å². The first-order chi connectivity index (χ1) is 11.4. The van der Waals surface area contributed by atoms with Gasteiger partial charge in [0.15, 0.2) is 0 Å². The normalized spacial score (nSPS) is 11.9. The van der Waals surface area contributed by atoms with Crippen molar-refractivity contribution in [3.05, 3.63) is 41.5 Å². The summed E-state index contributed by atoms with van der Waals surface area (Å²) in [5.41, 5.74) is 2.06. The number of aromatic nitrogens is 2. The molecule has 2 N–H and O–H groups in total. The largest absolute Gasteiger partial charge is 0.494 e. The van der Waals surface area contributed by atoms with E-state index in [2.05, 4.69) is 15.7 Å². The Morgan fingerprint density at radius 3 is 2.71 bits per heavy atom. The molecule has 0 fully saturated rings. The summed E-state index contributed by atoms with van der Waals surface area (Å²) in [5.74, 6) is -0.109. The van der Waals surface area contributed by atoms with Crippen LogP contribution in [0.5, 0.6) is 5.75 Å². The van der Waals surface area contributed by atoms with Gasteiger partial charge in [0.25, 0.3) is 0 Å². The summed E-state index contributed by atoms with van der Waals surface area (Å²) in [5, 5.41) is 9.60. The van der Waals surface area contributed by atoms with E-state index in [9.17, 15) is 9.18 Å². The molecule has 0 radical (unpaired) electrons. The summed E-state index contributed by atoms with van der Waals surface area (Å²) in [6.07, 6.45) is 0. The minimum absolute atomic E-state index is 0.00497. The molecule has 0 aliphatic heterocycles. The van der Waals surface area contributed by atoms with Crippen molar-refractivity contribution < 1.29 is 13.9 Å². The Labute approximate surface area is 141 Å². The van der Waals surface area contributed by atoms with Gasteiger partial charge in [-0.1, -0.05) is 0 Å². The van der Waals surface area contributed by atoms with E-state index in [4.69, 9.17) is 4.74 Å². The summed E-state index contributed by atoms with van der Waals surface area (Å²) in [7, 11) is 0. The lowest BCUT2D eigenvalue weighted by atomic mass is 10.3. The van der Waals surface area contributed by atoms with E-state index >= 15 is 0 Å². The standard InChI is InChI=1S/C17H23FN4O2/c1-5-24-14-6-7-16(15(18)9-14)20-17(23)19-10-13(4)22-12(3)8-11(2)21-22/h6-9,13H,5,10H2,1-4H3,(H2,19,20,23). The molecule has 0 aliphatic carbocycles. The Bertz CT molecular complexity index is 715. The van der Waals surface area contributed by atoms with Gasteiger partial charge in [0, 0.05) is 18.3 Å². The predicted octanol–water partition coefficient (Wildman–Crippen LogP) is 3.42. The zero-order valence-corrected chi connectivity index (χ0v) is 14.4. The van der Waals surface area contributed by atoms with Crippen LogP contribution in [0.3, 0.4) is 0 Å². The van der Waals surface area contributed by atoms with Crippen LogP contribution in [0.25, 0.3) is 0 Å². The molecule has 0 bridgehead atoms. The van der Waals surface area contributed by atoms with Gasteiger partial charge in [0.1, 0.15) is 11.6 Å². The molecular formula is C17H23FN4O2. The van der Waals surface area contributed by atoms with E-state index in [1.807, 2.05) is 38.4 Å². The first-order valence-electron chi connectivity index (χ1n) is 7.90. The van der Waals surface area contributed by atoms with Crippen LogP contribution >= 0.6 is 0 Å². The lowest BCUT2D eigenvalue weighted by Gasteiger charge is -2.16. The third kappa shape index (κ3) is 4.47. The first kappa shape index (κ1) is 17.8. The van der Waals surface area contributed by atoms with Crippen molar-refractivity contribution in [2.45, 2.75) is 33.7 Å². The molecule has 2 rings (SSSR count). The fraction of sp³-hybridized carbons (Fsp3) is 0.412. The molecule has 0 saturated heterocycles. The average Bonchev–Trinajstić information content (AvgIpc) is 2.86. The number of hydrogen-bond donors (Lipinski definition) is 2. The summed E-state index contributed by atoms with van der Waals surface area (Å²) in [6.45, 7) is 8.50. The fourth-order valence-electron chi connectivity index (χ4n) is 2.44. The van der Waals surface area contributed by atoms with Crippen molar-refractivity contribution in [1.82, 2.24) is 15.1 Å². The minimum Gasteiger partial charge on any atom is -0.494 e. The summed E-state index contributed by atoms with van der Waals surface area (Å²) >= 11 is 0. The molecule has 1 aromatic carbocycles. The summed E-state index contributed by atoms with van der Waals surface area (Å²) in [6, 6.07) is 5.84. The van der Waals surface area contributed by atoms with Gasteiger partial charge in [-0.05, 0) is 45.9 Å². The van der Waals surface area contributed by atoms with Gasteiger partial charge in [0.2, 0.25) is 0 Å². The zero-order valence-electron chi connectivity index (χ0n) is 14.4. The molecule has 1 aromatic heterocycles. The van der Waals surface area contributed by atoms with Crippen LogP contribution in [0.2, 0.25) is 0 Å². The Balaban J connectivity index is 1.90. The van der Waals surface area contributed by atoms with E-state index in [-0.39, 0.29) is 11.7 Å². The van der Waals surface area contributed by atoms with E-state index < -0.39 is 11.8 Å². The SMILES string of the molecule is CCOc1ccc(NC(=O)NCC(C)n2nc(C)cc2C)c(F)c1. The first-order valence-corrected chi connectivity index (χ1v) is 7.90. The number of urea groups is 1. The second kappa shape index (κ2) is 7.81. The molecule has 130 valence electrons. The number of benzene rings is 1. The van der Waals surface area contributed by atoms with Gasteiger partial charge in [-0.2, -0.15) is 5.10 Å². The van der Waals surface area contributed by atoms with Crippen LogP contribution in [0.15, 0.2) is 24.3 Å². The van der Waals surface area contributed by atoms with Crippen LogP contribution in [0.1, 0.15) is 31.3 Å². The molecule has 1 heterocycles. The molecule has 1 atom stereocenters. The van der Waals surface area contributed by atoms with Gasteiger partial charge in [0.05, 0.1) is 24.0 Å². The van der Waals surface area contributed by atoms with Gasteiger partial charge < -0.3 is 15.4 Å². The number of amides is 2. The quantitative estimate of drug-likeness (QED) is 0.850. The predicted molar refractivity (Wildman–Crippen MR) is 91.0 cm³/mol. The molecule has 1 unspecified atom stereocenters. The fourth-order valence-corrected chi connectivity index (χ4v) is 2.44. The van der Waals surface area contributed by atoms with Crippen molar-refractivity contribution in [3.8, 4) is 5.75 Å². The summed E-state index contributed by atoms with van der Waals surface area (Å²) < 4.78 is 21.0. The lowest BCUT2D eigenvalue weighted by molar-refractivity contribution is 0.250. The maximum absolute atomic E-state index is 13.9. The molecule has 0 aliphatic rings. The maximum atomic E-state index is 13.9. The Hall–Kier alpha value is -2.57. The lowest BCUT2D eigenvalue weighted by Crippen LogP contribution is -2.34. The third-order valence-corrected chi connectivity index (χ3v) is 3.52. The number of ether oxygens (including phenoxy) is 1. The van der Waals surface area contributed by atoms with Gasteiger partial charge in [-0.15, -0.1) is 0 Å². The highest BCUT2D eigenvalue weighted by Gasteiger charge is 2.12. The van der Waals surface area contributed by atoms with Crippen molar-refractivity contribution in [1.29, 1.82) is 0 Å². The second-order valence-electron chi connectivity index (χ2n) is 5.63. The summed E-state index contributed by atoms with van der Waals surface area (Å²) in [4.78, 5) is 12.0. The maximum Gasteiger partial charge on any atom is 0.319 e. The van der Waals surface area contributed by atoms with Crippen molar-refractivity contribution in [3.63, 3.8) is 0 Å². The number of rotatable bonds is 6. The van der Waals surface area contributed by atoms with Crippen molar-refractivity contribution >= 4 is 11.7 Å². The smallest absolute Gasteiger partial charge is 0.319 e. The number of nitrogens with zero attached hydrogens (tertiary/aromatic N) is 2. The highest BCUT2D eigenvalue weighted by Crippen LogP contribution is 2.20. The van der Waals surface area contributed by atoms with Gasteiger partial charge in [-0.3, -0.25) is 4.68 Å². The molecule has 2 aromatic rings. The van der Waals surface area contributed by atoms with Crippen LogP contribution in [0.4, 0.5) is 14.9 Å². The molecule has 0 spiro atoms. The number of aryl methyl sites for hydroxylation is 2. The molecule has 7 heteroatoms. The second-order valence-corrected chi connectivity index (χ2v) is 5.63. The van der Waals surface area contributed by atoms with Crippen LogP contribution in [-0.4, -0.2) is 29.0 Å². The monoisotopic (exact) mass is 334 g/mol. The van der Waals surface area contributed by atoms with Crippen molar-refractivity contribution in [2.75, 3.05) is 18.5 Å².